The molecule has 24 heavy (non-hydrogen) atoms. The van der Waals surface area contributed by atoms with Crippen molar-refractivity contribution in [3.8, 4) is 0 Å². The molecule has 1 aromatic heterocycles. The number of pyridine rings is 1. The van der Waals surface area contributed by atoms with E-state index in [1.165, 1.54) is 5.56 Å². The van der Waals surface area contributed by atoms with Gasteiger partial charge in [0.05, 0.1) is 30.2 Å². The fourth-order valence-corrected chi connectivity index (χ4v) is 3.21. The molecule has 0 bridgehead atoms. The number of aromatic nitrogens is 1. The number of anilines is 3. The van der Waals surface area contributed by atoms with Crippen LogP contribution in [0.2, 0.25) is 0 Å². The summed E-state index contributed by atoms with van der Waals surface area (Å²) in [4.78, 5) is 4.42. The maximum Gasteiger partial charge on any atom is 0.135 e. The van der Waals surface area contributed by atoms with Crippen molar-refractivity contribution >= 4 is 17.2 Å². The number of ether oxygens (including phenoxy) is 2. The highest BCUT2D eigenvalue weighted by Crippen LogP contribution is 2.33. The first kappa shape index (κ1) is 15.4. The minimum absolute atomic E-state index is 0.0463. The van der Waals surface area contributed by atoms with Crippen LogP contribution in [0.1, 0.15) is 37.0 Å². The zero-order chi connectivity index (χ0) is 16.4. The van der Waals surface area contributed by atoms with Crippen LogP contribution in [-0.4, -0.2) is 24.3 Å². The normalized spacial score (nSPS) is 20.3. The Kier molecular flexibility index (Phi) is 4.36. The second kappa shape index (κ2) is 6.79. The highest BCUT2D eigenvalue weighted by atomic mass is 16.5. The number of hydrogen-bond acceptors (Lipinski definition) is 5. The van der Waals surface area contributed by atoms with Gasteiger partial charge in [0.2, 0.25) is 0 Å². The molecular weight excluding hydrogens is 302 g/mol. The average molecular weight is 325 g/mol. The molecule has 5 nitrogen and oxygen atoms in total. The van der Waals surface area contributed by atoms with E-state index < -0.39 is 0 Å². The van der Waals surface area contributed by atoms with Gasteiger partial charge in [-0.05, 0) is 43.5 Å². The molecule has 0 radical (unpaired) electrons. The largest absolute Gasteiger partial charge is 0.379 e. The molecule has 5 heteroatoms. The van der Waals surface area contributed by atoms with Crippen LogP contribution in [0.5, 0.6) is 0 Å². The number of nitrogens with zero attached hydrogens (tertiary/aromatic N) is 1. The topological polar surface area (TPSA) is 55.4 Å². The van der Waals surface area contributed by atoms with Gasteiger partial charge < -0.3 is 20.1 Å². The third-order valence-corrected chi connectivity index (χ3v) is 4.68. The molecule has 0 spiro atoms. The lowest BCUT2D eigenvalue weighted by Gasteiger charge is -2.18. The minimum Gasteiger partial charge on any atom is -0.379 e. The summed E-state index contributed by atoms with van der Waals surface area (Å²) in [7, 11) is 0. The highest BCUT2D eigenvalue weighted by Gasteiger charge is 2.19. The van der Waals surface area contributed by atoms with E-state index in [9.17, 15) is 0 Å². The van der Waals surface area contributed by atoms with Crippen molar-refractivity contribution in [1.29, 1.82) is 0 Å². The van der Waals surface area contributed by atoms with E-state index in [1.54, 1.807) is 0 Å². The van der Waals surface area contributed by atoms with Gasteiger partial charge in [-0.2, -0.15) is 0 Å². The first-order valence-electron chi connectivity index (χ1n) is 8.61. The van der Waals surface area contributed by atoms with Crippen molar-refractivity contribution in [2.45, 2.75) is 38.5 Å². The van der Waals surface area contributed by atoms with Crippen LogP contribution in [0.3, 0.4) is 0 Å². The third kappa shape index (κ3) is 3.23. The van der Waals surface area contributed by atoms with E-state index >= 15 is 0 Å². The first-order chi connectivity index (χ1) is 11.8. The summed E-state index contributed by atoms with van der Waals surface area (Å²) in [5.41, 5.74) is 4.46. The SMILES string of the molecule is CC(OC[C@@H]1CCCO1)c1ccc2c(c1)NCc1cccnc1N2. The molecule has 0 amide bonds. The fraction of sp³-hybridized carbons (Fsp3) is 0.421. The van der Waals surface area contributed by atoms with Crippen molar-refractivity contribution in [1.82, 2.24) is 4.98 Å². The van der Waals surface area contributed by atoms with E-state index in [0.717, 1.165) is 48.7 Å². The molecule has 1 fully saturated rings. The van der Waals surface area contributed by atoms with Crippen LogP contribution in [0.25, 0.3) is 0 Å². The van der Waals surface area contributed by atoms with Gasteiger partial charge in [-0.15, -0.1) is 0 Å². The predicted octanol–water partition coefficient (Wildman–Crippen LogP) is 4.01. The van der Waals surface area contributed by atoms with Gasteiger partial charge >= 0.3 is 0 Å². The summed E-state index contributed by atoms with van der Waals surface area (Å²) in [6.45, 7) is 4.39. The minimum atomic E-state index is 0.0463. The lowest BCUT2D eigenvalue weighted by molar-refractivity contribution is -0.0148. The standard InChI is InChI=1S/C19H23N3O2/c1-13(24-12-16-5-3-9-23-16)14-6-7-17-18(10-14)21-11-15-4-2-8-20-19(15)22-17/h2,4,6-8,10,13,16,21H,3,5,9,11-12H2,1H3,(H,20,22)/t13?,16-/m0/s1. The zero-order valence-electron chi connectivity index (χ0n) is 13.9. The Morgan fingerprint density at radius 3 is 3.17 bits per heavy atom. The number of nitrogens with one attached hydrogen (secondary N) is 2. The van der Waals surface area contributed by atoms with E-state index in [1.807, 2.05) is 12.3 Å². The van der Waals surface area contributed by atoms with E-state index in [0.29, 0.717) is 6.61 Å². The van der Waals surface area contributed by atoms with Gasteiger partial charge in [0, 0.05) is 24.9 Å². The number of fused-ring (bicyclic) bond motifs is 2. The molecule has 2 atom stereocenters. The summed E-state index contributed by atoms with van der Waals surface area (Å²) >= 11 is 0. The molecule has 1 unspecified atom stereocenters. The smallest absolute Gasteiger partial charge is 0.135 e. The molecule has 2 aromatic rings. The maximum absolute atomic E-state index is 6.01. The van der Waals surface area contributed by atoms with Crippen LogP contribution < -0.4 is 10.6 Å². The summed E-state index contributed by atoms with van der Waals surface area (Å²) in [6.07, 6.45) is 4.37. The lowest BCUT2D eigenvalue weighted by atomic mass is 10.1. The van der Waals surface area contributed by atoms with Crippen molar-refractivity contribution in [2.24, 2.45) is 0 Å². The number of hydrogen-bond donors (Lipinski definition) is 2. The second-order valence-corrected chi connectivity index (χ2v) is 6.41. The van der Waals surface area contributed by atoms with Crippen molar-refractivity contribution < 1.29 is 9.47 Å². The lowest BCUT2D eigenvalue weighted by Crippen LogP contribution is -2.15. The Labute approximate surface area is 142 Å². The molecule has 3 heterocycles. The van der Waals surface area contributed by atoms with Crippen molar-refractivity contribution in [2.75, 3.05) is 23.8 Å². The Balaban J connectivity index is 1.47. The number of benzene rings is 1. The van der Waals surface area contributed by atoms with E-state index in [4.69, 9.17) is 9.47 Å². The fourth-order valence-electron chi connectivity index (χ4n) is 3.21. The monoisotopic (exact) mass is 325 g/mol. The van der Waals surface area contributed by atoms with Crippen LogP contribution in [-0.2, 0) is 16.0 Å². The molecule has 0 saturated carbocycles. The molecule has 1 saturated heterocycles. The van der Waals surface area contributed by atoms with Crippen LogP contribution in [0, 0.1) is 0 Å². The Bertz CT molecular complexity index is 714. The number of rotatable bonds is 4. The van der Waals surface area contributed by atoms with Gasteiger partial charge in [-0.1, -0.05) is 12.1 Å². The highest BCUT2D eigenvalue weighted by molar-refractivity contribution is 5.77. The zero-order valence-corrected chi connectivity index (χ0v) is 13.9. The Morgan fingerprint density at radius 1 is 1.33 bits per heavy atom. The Morgan fingerprint density at radius 2 is 2.29 bits per heavy atom. The second-order valence-electron chi connectivity index (χ2n) is 6.41. The Hall–Kier alpha value is -2.11. The summed E-state index contributed by atoms with van der Waals surface area (Å²) < 4.78 is 11.6. The molecular formula is C19H23N3O2. The maximum atomic E-state index is 6.01. The molecule has 2 N–H and O–H groups in total. The summed E-state index contributed by atoms with van der Waals surface area (Å²) in [5.74, 6) is 0.916. The first-order valence-corrected chi connectivity index (χ1v) is 8.61. The van der Waals surface area contributed by atoms with Gasteiger partial charge in [0.15, 0.2) is 0 Å². The van der Waals surface area contributed by atoms with Crippen LogP contribution in [0.4, 0.5) is 17.2 Å². The van der Waals surface area contributed by atoms with Crippen molar-refractivity contribution in [3.05, 3.63) is 47.7 Å². The average Bonchev–Trinajstić information content (AvgIpc) is 3.06. The van der Waals surface area contributed by atoms with Gasteiger partial charge in [0.25, 0.3) is 0 Å². The van der Waals surface area contributed by atoms with Gasteiger partial charge in [0.1, 0.15) is 5.82 Å². The van der Waals surface area contributed by atoms with Gasteiger partial charge in [-0.3, -0.25) is 0 Å². The van der Waals surface area contributed by atoms with E-state index in [-0.39, 0.29) is 12.2 Å². The summed E-state index contributed by atoms with van der Waals surface area (Å²) in [6, 6.07) is 10.4. The summed E-state index contributed by atoms with van der Waals surface area (Å²) in [5, 5.41) is 6.90. The predicted molar refractivity (Wildman–Crippen MR) is 94.6 cm³/mol. The van der Waals surface area contributed by atoms with Crippen LogP contribution in [0.15, 0.2) is 36.5 Å². The van der Waals surface area contributed by atoms with E-state index in [2.05, 4.69) is 46.8 Å². The third-order valence-electron chi connectivity index (χ3n) is 4.68. The van der Waals surface area contributed by atoms with Gasteiger partial charge in [-0.25, -0.2) is 4.98 Å². The molecule has 4 rings (SSSR count). The van der Waals surface area contributed by atoms with Crippen molar-refractivity contribution in [3.63, 3.8) is 0 Å². The molecule has 0 aliphatic carbocycles. The molecule has 126 valence electrons. The van der Waals surface area contributed by atoms with Crippen LogP contribution >= 0.6 is 0 Å². The quantitative estimate of drug-likeness (QED) is 0.889. The molecule has 2 aliphatic rings. The molecule has 2 aliphatic heterocycles. The molecule has 1 aromatic carbocycles.